The summed E-state index contributed by atoms with van der Waals surface area (Å²) < 4.78 is 14.1. The normalized spacial score (nSPS) is 18.9. The van der Waals surface area contributed by atoms with Crippen LogP contribution in [0.2, 0.25) is 0 Å². The molecule has 1 aromatic carbocycles. The van der Waals surface area contributed by atoms with Gasteiger partial charge in [-0.1, -0.05) is 6.07 Å². The van der Waals surface area contributed by atoms with Crippen molar-refractivity contribution in [3.05, 3.63) is 24.5 Å². The SMILES string of the molecule is CC1(C)OB(c2ccc3ncn(CCNC(=O)O)c3c2)OC1(C)C. The minimum absolute atomic E-state index is 0.321. The average molecular weight is 331 g/mol. The van der Waals surface area contributed by atoms with Crippen LogP contribution >= 0.6 is 0 Å². The van der Waals surface area contributed by atoms with E-state index < -0.39 is 24.4 Å². The Balaban J connectivity index is 1.84. The van der Waals surface area contributed by atoms with Crippen LogP contribution in [0.25, 0.3) is 11.0 Å². The Hall–Kier alpha value is -2.06. The van der Waals surface area contributed by atoms with E-state index in [0.29, 0.717) is 13.1 Å². The second-order valence-corrected chi connectivity index (χ2v) is 7.01. The minimum atomic E-state index is -1.03. The number of carboxylic acid groups (broad SMARTS) is 1. The number of hydrogen-bond donors (Lipinski definition) is 2. The lowest BCUT2D eigenvalue weighted by Gasteiger charge is -2.32. The molecular weight excluding hydrogens is 309 g/mol. The molecule has 2 N–H and O–H groups in total. The molecule has 24 heavy (non-hydrogen) atoms. The topological polar surface area (TPSA) is 85.6 Å². The molecule has 0 spiro atoms. The lowest BCUT2D eigenvalue weighted by atomic mass is 9.79. The van der Waals surface area contributed by atoms with E-state index in [4.69, 9.17) is 14.4 Å². The van der Waals surface area contributed by atoms with E-state index in [0.717, 1.165) is 16.5 Å². The minimum Gasteiger partial charge on any atom is -0.465 e. The van der Waals surface area contributed by atoms with Crippen molar-refractivity contribution in [3.63, 3.8) is 0 Å². The number of fused-ring (bicyclic) bond motifs is 1. The summed E-state index contributed by atoms with van der Waals surface area (Å²) in [4.78, 5) is 14.9. The third kappa shape index (κ3) is 2.99. The van der Waals surface area contributed by atoms with Crippen molar-refractivity contribution in [3.8, 4) is 0 Å². The van der Waals surface area contributed by atoms with Gasteiger partial charge in [-0.3, -0.25) is 0 Å². The maximum Gasteiger partial charge on any atom is 0.494 e. The van der Waals surface area contributed by atoms with Gasteiger partial charge >= 0.3 is 13.2 Å². The van der Waals surface area contributed by atoms with Gasteiger partial charge in [0.1, 0.15) is 0 Å². The second kappa shape index (κ2) is 5.79. The predicted molar refractivity (Wildman–Crippen MR) is 91.5 cm³/mol. The summed E-state index contributed by atoms with van der Waals surface area (Å²) >= 11 is 0. The zero-order valence-corrected chi connectivity index (χ0v) is 14.4. The second-order valence-electron chi connectivity index (χ2n) is 7.01. The smallest absolute Gasteiger partial charge is 0.465 e. The summed E-state index contributed by atoms with van der Waals surface area (Å²) in [6.45, 7) is 8.92. The molecule has 2 aromatic rings. The largest absolute Gasteiger partial charge is 0.494 e. The molecule has 8 heteroatoms. The summed E-state index contributed by atoms with van der Waals surface area (Å²) in [6.07, 6.45) is 0.680. The number of hydrogen-bond acceptors (Lipinski definition) is 4. The number of carbonyl (C=O) groups is 1. The molecule has 1 aliphatic rings. The molecule has 0 unspecified atom stereocenters. The highest BCUT2D eigenvalue weighted by Gasteiger charge is 2.51. The molecule has 1 aliphatic heterocycles. The fourth-order valence-corrected chi connectivity index (χ4v) is 2.66. The highest BCUT2D eigenvalue weighted by atomic mass is 16.7. The molecule has 1 fully saturated rings. The summed E-state index contributed by atoms with van der Waals surface area (Å²) in [5, 5.41) is 11.0. The van der Waals surface area contributed by atoms with Crippen LogP contribution in [-0.2, 0) is 15.9 Å². The zero-order valence-electron chi connectivity index (χ0n) is 14.4. The van der Waals surface area contributed by atoms with Gasteiger partial charge in [-0.2, -0.15) is 0 Å². The Morgan fingerprint density at radius 3 is 2.58 bits per heavy atom. The van der Waals surface area contributed by atoms with Crippen LogP contribution in [0, 0.1) is 0 Å². The van der Waals surface area contributed by atoms with Crippen LogP contribution < -0.4 is 10.8 Å². The number of aromatic nitrogens is 2. The van der Waals surface area contributed by atoms with E-state index in [-0.39, 0.29) is 0 Å². The Bertz CT molecular complexity index is 756. The summed E-state index contributed by atoms with van der Waals surface area (Å²) in [5.74, 6) is 0. The zero-order chi connectivity index (χ0) is 17.5. The molecule has 1 aromatic heterocycles. The first-order valence-electron chi connectivity index (χ1n) is 7.97. The Kier molecular flexibility index (Phi) is 4.05. The molecule has 0 saturated carbocycles. The Labute approximate surface area is 141 Å². The Morgan fingerprint density at radius 2 is 1.96 bits per heavy atom. The number of amides is 1. The number of nitrogens with zero attached hydrogens (tertiary/aromatic N) is 2. The number of benzene rings is 1. The van der Waals surface area contributed by atoms with Gasteiger partial charge in [-0.05, 0) is 45.3 Å². The van der Waals surface area contributed by atoms with Crippen LogP contribution in [0.15, 0.2) is 24.5 Å². The van der Waals surface area contributed by atoms with Gasteiger partial charge < -0.3 is 24.3 Å². The van der Waals surface area contributed by atoms with E-state index in [2.05, 4.69) is 10.3 Å². The van der Waals surface area contributed by atoms with Crippen molar-refractivity contribution >= 4 is 29.7 Å². The molecule has 7 nitrogen and oxygen atoms in total. The highest BCUT2D eigenvalue weighted by Crippen LogP contribution is 2.36. The predicted octanol–water partition coefficient (Wildman–Crippen LogP) is 1.60. The molecule has 0 radical (unpaired) electrons. The third-order valence-corrected chi connectivity index (χ3v) is 4.80. The van der Waals surface area contributed by atoms with Crippen molar-refractivity contribution in [1.82, 2.24) is 14.9 Å². The van der Waals surface area contributed by atoms with Gasteiger partial charge in [0.15, 0.2) is 0 Å². The van der Waals surface area contributed by atoms with Gasteiger partial charge in [-0.25, -0.2) is 9.78 Å². The average Bonchev–Trinajstić information content (AvgIpc) is 2.97. The van der Waals surface area contributed by atoms with Crippen molar-refractivity contribution < 1.29 is 19.2 Å². The van der Waals surface area contributed by atoms with Crippen LogP contribution in [0.5, 0.6) is 0 Å². The summed E-state index contributed by atoms with van der Waals surface area (Å²) in [5.41, 5.74) is 1.92. The third-order valence-electron chi connectivity index (χ3n) is 4.80. The highest BCUT2D eigenvalue weighted by molar-refractivity contribution is 6.62. The first-order chi connectivity index (χ1) is 11.2. The standard InChI is InChI=1S/C16H22BN3O4/c1-15(2)16(3,4)24-17(23-15)11-5-6-12-13(9-11)20(10-19-12)8-7-18-14(21)22/h5-6,9-10,18H,7-8H2,1-4H3,(H,21,22). The van der Waals surface area contributed by atoms with E-state index in [1.165, 1.54) is 0 Å². The van der Waals surface area contributed by atoms with Gasteiger partial charge in [0.05, 0.1) is 28.6 Å². The van der Waals surface area contributed by atoms with Gasteiger partial charge in [0, 0.05) is 13.1 Å². The molecule has 0 atom stereocenters. The van der Waals surface area contributed by atoms with Gasteiger partial charge in [0.2, 0.25) is 0 Å². The van der Waals surface area contributed by atoms with Crippen molar-refractivity contribution in [2.24, 2.45) is 0 Å². The molecule has 0 aliphatic carbocycles. The van der Waals surface area contributed by atoms with E-state index >= 15 is 0 Å². The fraction of sp³-hybridized carbons (Fsp3) is 0.500. The molecule has 3 rings (SSSR count). The van der Waals surface area contributed by atoms with Crippen LogP contribution in [0.3, 0.4) is 0 Å². The van der Waals surface area contributed by atoms with Crippen LogP contribution in [0.1, 0.15) is 27.7 Å². The number of imidazole rings is 1. The van der Waals surface area contributed by atoms with Crippen LogP contribution in [0.4, 0.5) is 4.79 Å². The van der Waals surface area contributed by atoms with Crippen molar-refractivity contribution in [2.45, 2.75) is 45.4 Å². The van der Waals surface area contributed by atoms with E-state index in [1.807, 2.05) is 50.5 Å². The molecule has 1 saturated heterocycles. The lowest BCUT2D eigenvalue weighted by molar-refractivity contribution is 0.00578. The molecule has 1 amide bonds. The van der Waals surface area contributed by atoms with Gasteiger partial charge in [-0.15, -0.1) is 0 Å². The first-order valence-corrected chi connectivity index (χ1v) is 7.97. The van der Waals surface area contributed by atoms with E-state index in [1.54, 1.807) is 6.33 Å². The number of rotatable bonds is 4. The molecule has 0 bridgehead atoms. The maximum atomic E-state index is 10.6. The monoisotopic (exact) mass is 331 g/mol. The quantitative estimate of drug-likeness (QED) is 0.831. The summed E-state index contributed by atoms with van der Waals surface area (Å²) in [7, 11) is -0.431. The Morgan fingerprint density at radius 1 is 1.29 bits per heavy atom. The fourth-order valence-electron chi connectivity index (χ4n) is 2.66. The van der Waals surface area contributed by atoms with Crippen molar-refractivity contribution in [1.29, 1.82) is 0 Å². The molecular formula is C16H22BN3O4. The maximum absolute atomic E-state index is 10.6. The van der Waals surface area contributed by atoms with Gasteiger partial charge in [0.25, 0.3) is 0 Å². The first kappa shape index (κ1) is 16.8. The van der Waals surface area contributed by atoms with E-state index in [9.17, 15) is 4.79 Å². The summed E-state index contributed by atoms with van der Waals surface area (Å²) in [6, 6.07) is 5.87. The number of nitrogens with one attached hydrogen (secondary N) is 1. The molecule has 2 heterocycles. The van der Waals surface area contributed by atoms with Crippen molar-refractivity contribution in [2.75, 3.05) is 6.54 Å². The van der Waals surface area contributed by atoms with Crippen LogP contribution in [-0.4, -0.2) is 45.6 Å². The molecule has 128 valence electrons. The lowest BCUT2D eigenvalue weighted by Crippen LogP contribution is -2.41.